The molecule has 0 N–H and O–H groups in total. The molecule has 2 heterocycles. The second-order valence-electron chi connectivity index (χ2n) is 15.7. The second kappa shape index (κ2) is 14.3. The molecular weight excluding hydrogens is 741 g/mol. The average molecular weight is 779 g/mol. The molecular formula is C58H38N2O. The molecule has 0 fully saturated rings. The van der Waals surface area contributed by atoms with Gasteiger partial charge >= 0.3 is 0 Å². The van der Waals surface area contributed by atoms with E-state index in [0.29, 0.717) is 0 Å². The summed E-state index contributed by atoms with van der Waals surface area (Å²) in [7, 11) is 0. The van der Waals surface area contributed by atoms with Gasteiger partial charge in [-0.25, -0.2) is 0 Å². The van der Waals surface area contributed by atoms with Crippen molar-refractivity contribution in [1.82, 2.24) is 4.57 Å². The van der Waals surface area contributed by atoms with Crippen LogP contribution in [-0.4, -0.2) is 4.57 Å². The highest BCUT2D eigenvalue weighted by atomic mass is 16.3. The van der Waals surface area contributed by atoms with Crippen molar-refractivity contribution in [1.29, 1.82) is 0 Å². The first kappa shape index (κ1) is 34.9. The molecule has 0 bridgehead atoms. The van der Waals surface area contributed by atoms with Gasteiger partial charge in [0.1, 0.15) is 5.58 Å². The van der Waals surface area contributed by atoms with Gasteiger partial charge in [-0.15, -0.1) is 0 Å². The third kappa shape index (κ3) is 5.90. The lowest BCUT2D eigenvalue weighted by atomic mass is 10.0. The number of benzene rings is 10. The highest BCUT2D eigenvalue weighted by Crippen LogP contribution is 2.42. The molecule has 0 saturated heterocycles. The summed E-state index contributed by atoms with van der Waals surface area (Å²) in [5.74, 6) is 0. The van der Waals surface area contributed by atoms with E-state index in [9.17, 15) is 0 Å². The Morgan fingerprint density at radius 1 is 0.295 bits per heavy atom. The Labute approximate surface area is 353 Å². The van der Waals surface area contributed by atoms with Crippen molar-refractivity contribution in [2.45, 2.75) is 0 Å². The third-order valence-electron chi connectivity index (χ3n) is 12.2. The van der Waals surface area contributed by atoms with E-state index in [1.165, 1.54) is 44.0 Å². The van der Waals surface area contributed by atoms with Crippen LogP contribution in [0.3, 0.4) is 0 Å². The zero-order valence-corrected chi connectivity index (χ0v) is 33.2. The summed E-state index contributed by atoms with van der Waals surface area (Å²) in [6.45, 7) is 0. The van der Waals surface area contributed by atoms with Crippen LogP contribution in [-0.2, 0) is 0 Å². The SMILES string of the molecule is c1ccc(-c2ccc(N(c3ccc(-c4ccccc4)cc3)c3ccc(-c4ccc5c(c4)c4ccccc4n5-c4cccc5c4oc4c6ccccc6ccc54)cc3)cc2)cc1. The highest BCUT2D eigenvalue weighted by molar-refractivity contribution is 6.17. The molecule has 0 atom stereocenters. The zero-order chi connectivity index (χ0) is 40.3. The Hall–Kier alpha value is -8.14. The maximum atomic E-state index is 6.83. The van der Waals surface area contributed by atoms with E-state index in [2.05, 4.69) is 240 Å². The van der Waals surface area contributed by atoms with Gasteiger partial charge in [-0.2, -0.15) is 0 Å². The number of hydrogen-bond donors (Lipinski definition) is 0. The van der Waals surface area contributed by atoms with Gasteiger partial charge in [0.15, 0.2) is 5.58 Å². The number of fused-ring (bicyclic) bond motifs is 8. The quantitative estimate of drug-likeness (QED) is 0.161. The molecule has 0 radical (unpaired) electrons. The molecule has 12 rings (SSSR count). The number of rotatable bonds is 7. The van der Waals surface area contributed by atoms with Crippen molar-refractivity contribution >= 4 is 71.6 Å². The Bertz CT molecular complexity index is 3460. The standard InChI is InChI=1S/C58H38N2O/c1-3-12-39(13-4-1)41-22-30-46(31-23-41)59(47-32-24-42(25-33-47)40-14-5-2-6-15-40)48-34-26-43(27-35-48)45-29-37-55-53(38-45)50-18-9-10-20-54(50)60(55)56-21-11-19-51-52-36-28-44-16-7-8-17-49(44)57(52)61-58(51)56/h1-38H. The molecule has 0 aliphatic heterocycles. The topological polar surface area (TPSA) is 21.3 Å². The first-order chi connectivity index (χ1) is 30.2. The minimum atomic E-state index is 0.894. The average Bonchev–Trinajstić information content (AvgIpc) is 3.89. The molecule has 3 heteroatoms. The zero-order valence-electron chi connectivity index (χ0n) is 33.2. The molecule has 61 heavy (non-hydrogen) atoms. The normalized spacial score (nSPS) is 11.6. The van der Waals surface area contributed by atoms with Crippen molar-refractivity contribution in [3.8, 4) is 39.1 Å². The monoisotopic (exact) mass is 778 g/mol. The number of para-hydroxylation sites is 2. The van der Waals surface area contributed by atoms with Gasteiger partial charge in [0.2, 0.25) is 0 Å². The van der Waals surface area contributed by atoms with Crippen LogP contribution in [0.5, 0.6) is 0 Å². The molecule has 0 aliphatic carbocycles. The van der Waals surface area contributed by atoms with Gasteiger partial charge in [0, 0.05) is 44.0 Å². The molecule has 0 unspecified atom stereocenters. The maximum Gasteiger partial charge on any atom is 0.159 e. The van der Waals surface area contributed by atoms with Gasteiger partial charge in [0.05, 0.1) is 16.7 Å². The van der Waals surface area contributed by atoms with Crippen LogP contribution in [0.15, 0.2) is 235 Å². The summed E-state index contributed by atoms with van der Waals surface area (Å²) in [6.07, 6.45) is 0. The largest absolute Gasteiger partial charge is 0.453 e. The van der Waals surface area contributed by atoms with E-state index < -0.39 is 0 Å². The Morgan fingerprint density at radius 2 is 0.770 bits per heavy atom. The molecule has 0 saturated carbocycles. The summed E-state index contributed by atoms with van der Waals surface area (Å²) < 4.78 is 9.20. The van der Waals surface area contributed by atoms with Gasteiger partial charge in [-0.05, 0) is 105 Å². The summed E-state index contributed by atoms with van der Waals surface area (Å²) in [5.41, 5.74) is 15.6. The predicted molar refractivity (Wildman–Crippen MR) is 257 cm³/mol. The lowest BCUT2D eigenvalue weighted by Crippen LogP contribution is -2.09. The maximum absolute atomic E-state index is 6.83. The lowest BCUT2D eigenvalue weighted by Gasteiger charge is -2.26. The number of aromatic nitrogens is 1. The van der Waals surface area contributed by atoms with Crippen LogP contribution in [0.25, 0.3) is 93.6 Å². The smallest absolute Gasteiger partial charge is 0.159 e. The third-order valence-corrected chi connectivity index (χ3v) is 12.2. The Balaban J connectivity index is 0.943. The first-order valence-corrected chi connectivity index (χ1v) is 20.8. The summed E-state index contributed by atoms with van der Waals surface area (Å²) in [5, 5.41) is 6.97. The van der Waals surface area contributed by atoms with Crippen molar-refractivity contribution in [3.05, 3.63) is 231 Å². The molecule has 3 nitrogen and oxygen atoms in total. The molecule has 0 aliphatic rings. The predicted octanol–water partition coefficient (Wildman–Crippen LogP) is 16.3. The number of nitrogens with zero attached hydrogens (tertiary/aromatic N) is 2. The van der Waals surface area contributed by atoms with Crippen LogP contribution in [0, 0.1) is 0 Å². The van der Waals surface area contributed by atoms with E-state index in [4.69, 9.17) is 4.42 Å². The van der Waals surface area contributed by atoms with Crippen molar-refractivity contribution in [2.24, 2.45) is 0 Å². The van der Waals surface area contributed by atoms with Crippen LogP contribution >= 0.6 is 0 Å². The van der Waals surface area contributed by atoms with Crippen LogP contribution in [0.4, 0.5) is 17.1 Å². The van der Waals surface area contributed by atoms with Crippen LogP contribution in [0.1, 0.15) is 0 Å². The fraction of sp³-hybridized carbons (Fsp3) is 0. The van der Waals surface area contributed by atoms with E-state index in [0.717, 1.165) is 66.7 Å². The van der Waals surface area contributed by atoms with Crippen LogP contribution in [0.2, 0.25) is 0 Å². The molecule has 286 valence electrons. The van der Waals surface area contributed by atoms with Crippen molar-refractivity contribution in [3.63, 3.8) is 0 Å². The molecule has 0 spiro atoms. The van der Waals surface area contributed by atoms with Gasteiger partial charge < -0.3 is 13.9 Å². The van der Waals surface area contributed by atoms with Crippen LogP contribution < -0.4 is 4.90 Å². The van der Waals surface area contributed by atoms with E-state index in [1.807, 2.05) is 0 Å². The second-order valence-corrected chi connectivity index (χ2v) is 15.7. The number of furan rings is 1. The summed E-state index contributed by atoms with van der Waals surface area (Å²) >= 11 is 0. The fourth-order valence-corrected chi connectivity index (χ4v) is 9.22. The minimum Gasteiger partial charge on any atom is -0.453 e. The van der Waals surface area contributed by atoms with E-state index in [-0.39, 0.29) is 0 Å². The summed E-state index contributed by atoms with van der Waals surface area (Å²) in [6, 6.07) is 82.8. The van der Waals surface area contributed by atoms with Crippen molar-refractivity contribution < 1.29 is 4.42 Å². The summed E-state index contributed by atoms with van der Waals surface area (Å²) in [4.78, 5) is 2.34. The molecule has 10 aromatic carbocycles. The van der Waals surface area contributed by atoms with E-state index in [1.54, 1.807) is 0 Å². The van der Waals surface area contributed by atoms with Gasteiger partial charge in [0.25, 0.3) is 0 Å². The molecule has 2 aromatic heterocycles. The Kier molecular flexibility index (Phi) is 8.17. The number of hydrogen-bond acceptors (Lipinski definition) is 2. The minimum absolute atomic E-state index is 0.894. The lowest BCUT2D eigenvalue weighted by molar-refractivity contribution is 0.670. The van der Waals surface area contributed by atoms with Gasteiger partial charge in [-0.3, -0.25) is 0 Å². The van der Waals surface area contributed by atoms with E-state index >= 15 is 0 Å². The van der Waals surface area contributed by atoms with Gasteiger partial charge in [-0.1, -0.05) is 164 Å². The highest BCUT2D eigenvalue weighted by Gasteiger charge is 2.20. The first-order valence-electron chi connectivity index (χ1n) is 20.8. The molecule has 12 aromatic rings. The Morgan fingerprint density at radius 3 is 1.41 bits per heavy atom. The number of anilines is 3. The van der Waals surface area contributed by atoms with Crippen molar-refractivity contribution in [2.75, 3.05) is 4.90 Å². The molecule has 0 amide bonds. The fourth-order valence-electron chi connectivity index (χ4n) is 9.22.